The van der Waals surface area contributed by atoms with Crippen molar-refractivity contribution in [3.63, 3.8) is 0 Å². The first-order chi connectivity index (χ1) is 9.54. The minimum absolute atomic E-state index is 0.323. The molecular formula is C14H13BrClN3O. The van der Waals surface area contributed by atoms with Crippen molar-refractivity contribution in [2.24, 2.45) is 0 Å². The van der Waals surface area contributed by atoms with Crippen LogP contribution in [0.15, 0.2) is 46.9 Å². The summed E-state index contributed by atoms with van der Waals surface area (Å²) in [6, 6.07) is 12.3. The van der Waals surface area contributed by atoms with E-state index >= 15 is 0 Å². The number of carbonyl (C=O) groups is 1. The van der Waals surface area contributed by atoms with E-state index in [-0.39, 0.29) is 6.03 Å². The molecule has 20 heavy (non-hydrogen) atoms. The Labute approximate surface area is 130 Å². The Morgan fingerprint density at radius 2 is 2.05 bits per heavy atom. The maximum atomic E-state index is 11.8. The molecule has 0 aromatic heterocycles. The lowest BCUT2D eigenvalue weighted by Crippen LogP contribution is -2.28. The minimum Gasteiger partial charge on any atom is -0.399 e. The van der Waals surface area contributed by atoms with E-state index in [4.69, 9.17) is 17.3 Å². The lowest BCUT2D eigenvalue weighted by Gasteiger charge is -2.09. The molecule has 0 atom stereocenters. The van der Waals surface area contributed by atoms with E-state index in [0.29, 0.717) is 22.9 Å². The Bertz CT molecular complexity index is 634. The van der Waals surface area contributed by atoms with Crippen molar-refractivity contribution in [2.75, 3.05) is 11.1 Å². The van der Waals surface area contributed by atoms with Gasteiger partial charge in [0.05, 0.1) is 10.7 Å². The molecule has 0 fully saturated rings. The number of hydrogen-bond donors (Lipinski definition) is 3. The highest BCUT2D eigenvalue weighted by Gasteiger charge is 2.05. The van der Waals surface area contributed by atoms with Crippen molar-refractivity contribution < 1.29 is 4.79 Å². The maximum Gasteiger partial charge on any atom is 0.319 e. The Morgan fingerprint density at radius 1 is 1.25 bits per heavy atom. The molecule has 0 heterocycles. The van der Waals surface area contributed by atoms with Crippen LogP contribution in [0, 0.1) is 0 Å². The number of benzene rings is 2. The molecular weight excluding hydrogens is 342 g/mol. The highest BCUT2D eigenvalue weighted by molar-refractivity contribution is 9.10. The van der Waals surface area contributed by atoms with Crippen LogP contribution in [-0.2, 0) is 6.54 Å². The number of carbonyl (C=O) groups excluding carboxylic acids is 1. The van der Waals surface area contributed by atoms with E-state index in [1.54, 1.807) is 18.2 Å². The van der Waals surface area contributed by atoms with Crippen LogP contribution in [0.5, 0.6) is 0 Å². The molecule has 0 radical (unpaired) electrons. The highest BCUT2D eigenvalue weighted by atomic mass is 79.9. The molecule has 0 unspecified atom stereocenters. The molecule has 2 aromatic rings. The smallest absolute Gasteiger partial charge is 0.319 e. The average Bonchev–Trinajstić information content (AvgIpc) is 2.40. The van der Waals surface area contributed by atoms with Gasteiger partial charge in [-0.15, -0.1) is 0 Å². The van der Waals surface area contributed by atoms with Crippen molar-refractivity contribution in [2.45, 2.75) is 6.54 Å². The lowest BCUT2D eigenvalue weighted by molar-refractivity contribution is 0.251. The topological polar surface area (TPSA) is 67.1 Å². The van der Waals surface area contributed by atoms with Gasteiger partial charge in [0.1, 0.15) is 0 Å². The average molecular weight is 355 g/mol. The second-order valence-corrected chi connectivity index (χ2v) is 5.50. The molecule has 0 aliphatic carbocycles. The van der Waals surface area contributed by atoms with Gasteiger partial charge in [0.2, 0.25) is 0 Å². The molecule has 4 nitrogen and oxygen atoms in total. The van der Waals surface area contributed by atoms with E-state index in [9.17, 15) is 4.79 Å². The maximum absolute atomic E-state index is 11.8. The number of nitrogen functional groups attached to an aromatic ring is 1. The third kappa shape index (κ3) is 4.15. The molecule has 2 amide bonds. The molecule has 0 aliphatic rings. The fraction of sp³-hybridized carbons (Fsp3) is 0.0714. The zero-order chi connectivity index (χ0) is 14.5. The zero-order valence-corrected chi connectivity index (χ0v) is 12.8. The summed E-state index contributed by atoms with van der Waals surface area (Å²) >= 11 is 9.36. The standard InChI is InChI=1S/C14H13BrClN3O/c15-10-3-1-2-9(6-10)8-18-14(20)19-13-5-4-11(17)7-12(13)16/h1-7H,8,17H2,(H2,18,19,20). The van der Waals surface area contributed by atoms with Gasteiger partial charge in [0.25, 0.3) is 0 Å². The largest absolute Gasteiger partial charge is 0.399 e. The van der Waals surface area contributed by atoms with E-state index in [1.165, 1.54) is 0 Å². The Kier molecular flexibility index (Phi) is 4.87. The van der Waals surface area contributed by atoms with Gasteiger partial charge < -0.3 is 16.4 Å². The Hall–Kier alpha value is -1.72. The Morgan fingerprint density at radius 3 is 2.75 bits per heavy atom. The van der Waals surface area contributed by atoms with Crippen LogP contribution in [0.1, 0.15) is 5.56 Å². The van der Waals surface area contributed by atoms with Crippen LogP contribution in [-0.4, -0.2) is 6.03 Å². The summed E-state index contributed by atoms with van der Waals surface area (Å²) in [6.07, 6.45) is 0. The zero-order valence-electron chi connectivity index (χ0n) is 10.5. The van der Waals surface area contributed by atoms with Gasteiger partial charge in [0, 0.05) is 16.7 Å². The highest BCUT2D eigenvalue weighted by Crippen LogP contribution is 2.23. The van der Waals surface area contributed by atoms with Gasteiger partial charge in [-0.2, -0.15) is 0 Å². The molecule has 0 saturated heterocycles. The summed E-state index contributed by atoms with van der Waals surface area (Å²) < 4.78 is 0.971. The first-order valence-corrected chi connectivity index (χ1v) is 7.06. The number of hydrogen-bond acceptors (Lipinski definition) is 2. The second kappa shape index (κ2) is 6.63. The fourth-order valence-corrected chi connectivity index (χ4v) is 2.31. The van der Waals surface area contributed by atoms with Crippen LogP contribution in [0.3, 0.4) is 0 Å². The molecule has 6 heteroatoms. The van der Waals surface area contributed by atoms with Gasteiger partial charge >= 0.3 is 6.03 Å². The molecule has 2 aromatic carbocycles. The van der Waals surface area contributed by atoms with Gasteiger partial charge in [-0.25, -0.2) is 4.79 Å². The third-order valence-corrected chi connectivity index (χ3v) is 3.39. The lowest BCUT2D eigenvalue weighted by atomic mass is 10.2. The van der Waals surface area contributed by atoms with Crippen molar-refractivity contribution in [3.8, 4) is 0 Å². The number of amides is 2. The molecule has 2 rings (SSSR count). The van der Waals surface area contributed by atoms with Crippen LogP contribution in [0.25, 0.3) is 0 Å². The van der Waals surface area contributed by atoms with Crippen molar-refractivity contribution in [1.82, 2.24) is 5.32 Å². The van der Waals surface area contributed by atoms with Crippen LogP contribution < -0.4 is 16.4 Å². The van der Waals surface area contributed by atoms with E-state index < -0.39 is 0 Å². The first kappa shape index (κ1) is 14.7. The van der Waals surface area contributed by atoms with Gasteiger partial charge in [-0.3, -0.25) is 0 Å². The third-order valence-electron chi connectivity index (χ3n) is 2.58. The number of urea groups is 1. The van der Waals surface area contributed by atoms with Crippen LogP contribution >= 0.6 is 27.5 Å². The number of nitrogens with one attached hydrogen (secondary N) is 2. The normalized spacial score (nSPS) is 10.1. The summed E-state index contributed by atoms with van der Waals surface area (Å²) in [5, 5.41) is 5.83. The first-order valence-electron chi connectivity index (χ1n) is 5.89. The van der Waals surface area contributed by atoms with E-state index in [2.05, 4.69) is 26.6 Å². The van der Waals surface area contributed by atoms with E-state index in [0.717, 1.165) is 10.0 Å². The Balaban J connectivity index is 1.92. The van der Waals surface area contributed by atoms with Crippen LogP contribution in [0.4, 0.5) is 16.2 Å². The predicted molar refractivity (Wildman–Crippen MR) is 85.9 cm³/mol. The monoisotopic (exact) mass is 353 g/mol. The summed E-state index contributed by atoms with van der Waals surface area (Å²) in [4.78, 5) is 11.8. The summed E-state index contributed by atoms with van der Waals surface area (Å²) in [7, 11) is 0. The molecule has 4 N–H and O–H groups in total. The van der Waals surface area contributed by atoms with Crippen molar-refractivity contribution in [1.29, 1.82) is 0 Å². The quantitative estimate of drug-likeness (QED) is 0.729. The number of anilines is 2. The van der Waals surface area contributed by atoms with Crippen molar-refractivity contribution in [3.05, 3.63) is 57.5 Å². The minimum atomic E-state index is -0.323. The second-order valence-electron chi connectivity index (χ2n) is 4.18. The summed E-state index contributed by atoms with van der Waals surface area (Å²) in [6.45, 7) is 0.428. The van der Waals surface area contributed by atoms with Gasteiger partial charge in [-0.1, -0.05) is 39.7 Å². The van der Waals surface area contributed by atoms with Crippen molar-refractivity contribution >= 4 is 44.9 Å². The number of halogens is 2. The summed E-state index contributed by atoms with van der Waals surface area (Å²) in [5.74, 6) is 0. The van der Waals surface area contributed by atoms with Crippen LogP contribution in [0.2, 0.25) is 5.02 Å². The van der Waals surface area contributed by atoms with Gasteiger partial charge in [-0.05, 0) is 35.9 Å². The molecule has 0 aliphatic heterocycles. The summed E-state index contributed by atoms with van der Waals surface area (Å²) in [5.41, 5.74) is 7.66. The molecule has 0 bridgehead atoms. The molecule has 104 valence electrons. The fourth-order valence-electron chi connectivity index (χ4n) is 1.63. The predicted octanol–water partition coefficient (Wildman–Crippen LogP) is 4.01. The molecule has 0 saturated carbocycles. The molecule has 0 spiro atoms. The SMILES string of the molecule is Nc1ccc(NC(=O)NCc2cccc(Br)c2)c(Cl)c1. The number of nitrogens with two attached hydrogens (primary N) is 1. The van der Waals surface area contributed by atoms with E-state index in [1.807, 2.05) is 24.3 Å². The number of rotatable bonds is 3. The van der Waals surface area contributed by atoms with Gasteiger partial charge in [0.15, 0.2) is 0 Å².